The van der Waals surface area contributed by atoms with Crippen LogP contribution in [0.2, 0.25) is 0 Å². The number of allylic oxidation sites excluding steroid dienone is 2. The summed E-state index contributed by atoms with van der Waals surface area (Å²) in [6.45, 7) is 5.76. The normalized spacial score (nSPS) is 17.8. The van der Waals surface area contributed by atoms with Gasteiger partial charge in [-0.15, -0.1) is 0 Å². The molecule has 1 aliphatic heterocycles. The van der Waals surface area contributed by atoms with Crippen LogP contribution in [0, 0.1) is 18.3 Å². The number of aryl methyl sites for hydroxylation is 1. The molecule has 5 heteroatoms. The highest BCUT2D eigenvalue weighted by molar-refractivity contribution is 5.93. The van der Waals surface area contributed by atoms with Crippen molar-refractivity contribution in [1.29, 1.82) is 5.26 Å². The summed E-state index contributed by atoms with van der Waals surface area (Å²) in [5.41, 5.74) is 9.25. The van der Waals surface area contributed by atoms with Crippen LogP contribution in [0.4, 0.5) is 0 Å². The highest BCUT2D eigenvalue weighted by atomic mass is 16.5. The van der Waals surface area contributed by atoms with E-state index in [1.165, 1.54) is 0 Å². The lowest BCUT2D eigenvalue weighted by Crippen LogP contribution is -2.32. The summed E-state index contributed by atoms with van der Waals surface area (Å²) >= 11 is 0. The molecule has 114 valence electrons. The Labute approximate surface area is 130 Å². The van der Waals surface area contributed by atoms with Gasteiger partial charge in [-0.3, -0.25) is 0 Å². The number of nitrogens with one attached hydrogen (secondary N) is 1. The zero-order valence-electron chi connectivity index (χ0n) is 12.9. The van der Waals surface area contributed by atoms with Crippen LogP contribution in [-0.2, 0) is 9.53 Å². The first-order valence-corrected chi connectivity index (χ1v) is 7.10. The third-order valence-corrected chi connectivity index (χ3v) is 3.62. The number of carbonyl (C=O) groups excluding carboxylic acids is 1. The molecule has 22 heavy (non-hydrogen) atoms. The lowest BCUT2D eigenvalue weighted by atomic mass is 9.82. The Morgan fingerprint density at radius 1 is 1.36 bits per heavy atom. The number of benzene rings is 1. The molecule has 0 spiro atoms. The summed E-state index contributed by atoms with van der Waals surface area (Å²) < 4.78 is 5.15. The van der Waals surface area contributed by atoms with E-state index in [9.17, 15) is 10.1 Å². The van der Waals surface area contributed by atoms with Gasteiger partial charge in [0.25, 0.3) is 0 Å². The molecule has 0 aromatic heterocycles. The Morgan fingerprint density at radius 2 is 2.00 bits per heavy atom. The standard InChI is InChI=1S/C17H19N3O2/c1-4-22-17(21)14-11(3)20-16(19)13(9-18)15(14)12-7-5-10(2)6-8-12/h5-8,15,20H,4,19H2,1-3H3. The molecule has 1 aromatic carbocycles. The molecule has 2 rings (SSSR count). The highest BCUT2D eigenvalue weighted by Crippen LogP contribution is 2.37. The van der Waals surface area contributed by atoms with Crippen molar-refractivity contribution < 1.29 is 9.53 Å². The van der Waals surface area contributed by atoms with Crippen molar-refractivity contribution in [3.05, 3.63) is 58.1 Å². The zero-order valence-corrected chi connectivity index (χ0v) is 12.9. The number of hydrogen-bond donors (Lipinski definition) is 2. The molecule has 0 fully saturated rings. The number of nitrogens with two attached hydrogens (primary N) is 1. The molecule has 0 radical (unpaired) electrons. The second kappa shape index (κ2) is 6.35. The van der Waals surface area contributed by atoms with E-state index in [2.05, 4.69) is 11.4 Å². The molecule has 0 saturated carbocycles. The number of dihydropyridines is 1. The van der Waals surface area contributed by atoms with Crippen LogP contribution >= 0.6 is 0 Å². The first kappa shape index (κ1) is 15.6. The highest BCUT2D eigenvalue weighted by Gasteiger charge is 2.34. The van der Waals surface area contributed by atoms with Crippen molar-refractivity contribution >= 4 is 5.97 Å². The number of nitrogens with zero attached hydrogens (tertiary/aromatic N) is 1. The Hall–Kier alpha value is -2.74. The molecule has 1 aromatic rings. The molecule has 0 saturated heterocycles. The SMILES string of the molecule is CCOC(=O)C1=C(C)NC(N)=C(C#N)C1c1ccc(C)cc1. The Morgan fingerprint density at radius 3 is 2.55 bits per heavy atom. The topological polar surface area (TPSA) is 88.1 Å². The maximum Gasteiger partial charge on any atom is 0.336 e. The van der Waals surface area contributed by atoms with Crippen molar-refractivity contribution in [2.75, 3.05) is 6.61 Å². The van der Waals surface area contributed by atoms with Gasteiger partial charge in [-0.2, -0.15) is 5.26 Å². The second-order valence-corrected chi connectivity index (χ2v) is 5.17. The van der Waals surface area contributed by atoms with E-state index in [0.29, 0.717) is 16.8 Å². The molecular formula is C17H19N3O2. The maximum atomic E-state index is 12.3. The van der Waals surface area contributed by atoms with Crippen LogP contribution in [0.15, 0.2) is 46.9 Å². The molecule has 0 amide bonds. The number of nitriles is 1. The first-order chi connectivity index (χ1) is 10.5. The van der Waals surface area contributed by atoms with E-state index in [1.54, 1.807) is 13.8 Å². The van der Waals surface area contributed by atoms with E-state index in [1.807, 2.05) is 31.2 Å². The summed E-state index contributed by atoms with van der Waals surface area (Å²) in [6.07, 6.45) is 0. The van der Waals surface area contributed by atoms with Crippen molar-refractivity contribution in [2.24, 2.45) is 5.73 Å². The van der Waals surface area contributed by atoms with Gasteiger partial charge in [0.1, 0.15) is 5.82 Å². The molecule has 0 bridgehead atoms. The number of rotatable bonds is 3. The van der Waals surface area contributed by atoms with E-state index < -0.39 is 11.9 Å². The average molecular weight is 297 g/mol. The summed E-state index contributed by atoms with van der Waals surface area (Å²) in [7, 11) is 0. The quantitative estimate of drug-likeness (QED) is 0.835. The van der Waals surface area contributed by atoms with Gasteiger partial charge >= 0.3 is 5.97 Å². The third-order valence-electron chi connectivity index (χ3n) is 3.62. The van der Waals surface area contributed by atoms with Crippen molar-refractivity contribution in [1.82, 2.24) is 5.32 Å². The minimum Gasteiger partial charge on any atom is -0.463 e. The Kier molecular flexibility index (Phi) is 4.52. The van der Waals surface area contributed by atoms with Crippen LogP contribution in [0.3, 0.4) is 0 Å². The fourth-order valence-electron chi connectivity index (χ4n) is 2.55. The van der Waals surface area contributed by atoms with Gasteiger partial charge < -0.3 is 15.8 Å². The molecular weight excluding hydrogens is 278 g/mol. The van der Waals surface area contributed by atoms with Crippen LogP contribution < -0.4 is 11.1 Å². The molecule has 5 nitrogen and oxygen atoms in total. The lowest BCUT2D eigenvalue weighted by Gasteiger charge is -2.28. The van der Waals surface area contributed by atoms with Crippen molar-refractivity contribution in [3.8, 4) is 6.07 Å². The summed E-state index contributed by atoms with van der Waals surface area (Å²) in [5.74, 6) is -0.664. The van der Waals surface area contributed by atoms with Gasteiger partial charge in [0.15, 0.2) is 0 Å². The molecule has 0 aliphatic carbocycles. The minimum atomic E-state index is -0.508. The zero-order chi connectivity index (χ0) is 16.3. The monoisotopic (exact) mass is 297 g/mol. The average Bonchev–Trinajstić information content (AvgIpc) is 2.47. The molecule has 1 heterocycles. The van der Waals surface area contributed by atoms with Crippen LogP contribution in [0.25, 0.3) is 0 Å². The fourth-order valence-corrected chi connectivity index (χ4v) is 2.55. The number of hydrogen-bond acceptors (Lipinski definition) is 5. The largest absolute Gasteiger partial charge is 0.463 e. The molecule has 1 unspecified atom stereocenters. The fraction of sp³-hybridized carbons (Fsp3) is 0.294. The van der Waals surface area contributed by atoms with Crippen LogP contribution in [-0.4, -0.2) is 12.6 Å². The third kappa shape index (κ3) is 2.82. The van der Waals surface area contributed by atoms with E-state index in [-0.39, 0.29) is 12.4 Å². The number of esters is 1. The predicted octanol–water partition coefficient (Wildman–Crippen LogP) is 2.21. The van der Waals surface area contributed by atoms with E-state index in [4.69, 9.17) is 10.5 Å². The molecule has 3 N–H and O–H groups in total. The maximum absolute atomic E-state index is 12.3. The lowest BCUT2D eigenvalue weighted by molar-refractivity contribution is -0.138. The second-order valence-electron chi connectivity index (χ2n) is 5.17. The van der Waals surface area contributed by atoms with Gasteiger partial charge in [-0.1, -0.05) is 29.8 Å². The smallest absolute Gasteiger partial charge is 0.336 e. The predicted molar refractivity (Wildman–Crippen MR) is 83.2 cm³/mol. The number of carbonyl (C=O) groups is 1. The first-order valence-electron chi connectivity index (χ1n) is 7.10. The van der Waals surface area contributed by atoms with Crippen LogP contribution in [0.1, 0.15) is 30.9 Å². The van der Waals surface area contributed by atoms with E-state index in [0.717, 1.165) is 11.1 Å². The summed E-state index contributed by atoms with van der Waals surface area (Å²) in [4.78, 5) is 12.3. The summed E-state index contributed by atoms with van der Waals surface area (Å²) in [5, 5.41) is 12.4. The summed E-state index contributed by atoms with van der Waals surface area (Å²) in [6, 6.07) is 9.82. The van der Waals surface area contributed by atoms with Crippen molar-refractivity contribution in [3.63, 3.8) is 0 Å². The molecule has 1 aliphatic rings. The van der Waals surface area contributed by atoms with Gasteiger partial charge in [0, 0.05) is 5.70 Å². The van der Waals surface area contributed by atoms with Gasteiger partial charge in [-0.25, -0.2) is 4.79 Å². The number of ether oxygens (including phenoxy) is 1. The van der Waals surface area contributed by atoms with Crippen molar-refractivity contribution in [2.45, 2.75) is 26.7 Å². The van der Waals surface area contributed by atoms with E-state index >= 15 is 0 Å². The Balaban J connectivity index is 2.59. The van der Waals surface area contributed by atoms with Crippen LogP contribution in [0.5, 0.6) is 0 Å². The van der Waals surface area contributed by atoms with Gasteiger partial charge in [-0.05, 0) is 26.3 Å². The Bertz CT molecular complexity index is 694. The minimum absolute atomic E-state index is 0.275. The van der Waals surface area contributed by atoms with Gasteiger partial charge in [0.2, 0.25) is 0 Å². The van der Waals surface area contributed by atoms with Gasteiger partial charge in [0.05, 0.1) is 29.7 Å². The molecule has 1 atom stereocenters.